The van der Waals surface area contributed by atoms with Gasteiger partial charge in [0.15, 0.2) is 0 Å². The lowest BCUT2D eigenvalue weighted by Gasteiger charge is -2.16. The van der Waals surface area contributed by atoms with Crippen molar-refractivity contribution in [3.8, 4) is 5.75 Å². The SMILES string of the molecule is COc1ccc(C)cc1S(=O)(=O)N[C@H](C)C(=O)Nc1cccc(C)c1. The van der Waals surface area contributed by atoms with Gasteiger partial charge in [0, 0.05) is 5.69 Å². The molecule has 0 aliphatic carbocycles. The van der Waals surface area contributed by atoms with Crippen LogP contribution in [0.5, 0.6) is 5.75 Å². The van der Waals surface area contributed by atoms with Crippen molar-refractivity contribution in [1.29, 1.82) is 0 Å². The van der Waals surface area contributed by atoms with Gasteiger partial charge in [0.25, 0.3) is 0 Å². The number of sulfonamides is 1. The molecule has 0 spiro atoms. The van der Waals surface area contributed by atoms with E-state index in [4.69, 9.17) is 4.74 Å². The zero-order valence-corrected chi connectivity index (χ0v) is 15.5. The van der Waals surface area contributed by atoms with Crippen LogP contribution in [0.1, 0.15) is 18.1 Å². The highest BCUT2D eigenvalue weighted by molar-refractivity contribution is 7.89. The van der Waals surface area contributed by atoms with Crippen molar-refractivity contribution in [2.45, 2.75) is 31.7 Å². The highest BCUT2D eigenvalue weighted by Crippen LogP contribution is 2.24. The Hall–Kier alpha value is -2.38. The number of hydrogen-bond donors (Lipinski definition) is 2. The van der Waals surface area contributed by atoms with Crippen LogP contribution in [0.25, 0.3) is 0 Å². The topological polar surface area (TPSA) is 84.5 Å². The summed E-state index contributed by atoms with van der Waals surface area (Å²) in [5.74, 6) is -0.217. The fourth-order valence-corrected chi connectivity index (χ4v) is 3.77. The van der Waals surface area contributed by atoms with Gasteiger partial charge in [-0.25, -0.2) is 8.42 Å². The maximum absolute atomic E-state index is 12.6. The molecule has 1 amide bonds. The average Bonchev–Trinajstić information content (AvgIpc) is 2.54. The molecule has 2 rings (SSSR count). The average molecular weight is 362 g/mol. The summed E-state index contributed by atoms with van der Waals surface area (Å²) in [6.45, 7) is 5.18. The monoisotopic (exact) mass is 362 g/mol. The second-order valence-electron chi connectivity index (χ2n) is 5.86. The van der Waals surface area contributed by atoms with Crippen molar-refractivity contribution in [3.05, 3.63) is 53.6 Å². The summed E-state index contributed by atoms with van der Waals surface area (Å²) in [5.41, 5.74) is 2.39. The van der Waals surface area contributed by atoms with Crippen molar-refractivity contribution in [1.82, 2.24) is 4.72 Å². The summed E-state index contributed by atoms with van der Waals surface area (Å²) >= 11 is 0. The second-order valence-corrected chi connectivity index (χ2v) is 7.54. The van der Waals surface area contributed by atoms with Crippen molar-refractivity contribution < 1.29 is 17.9 Å². The summed E-state index contributed by atoms with van der Waals surface area (Å²) < 4.78 is 32.7. The number of rotatable bonds is 6. The van der Waals surface area contributed by atoms with Gasteiger partial charge in [-0.3, -0.25) is 4.79 Å². The van der Waals surface area contributed by atoms with E-state index in [-0.39, 0.29) is 10.6 Å². The molecule has 0 unspecified atom stereocenters. The van der Waals surface area contributed by atoms with Crippen LogP contribution in [0, 0.1) is 13.8 Å². The summed E-state index contributed by atoms with van der Waals surface area (Å²) in [6, 6.07) is 11.2. The Labute approximate surface area is 148 Å². The van der Waals surface area contributed by atoms with E-state index in [1.807, 2.05) is 25.1 Å². The molecule has 0 heterocycles. The fraction of sp³-hybridized carbons (Fsp3) is 0.278. The molecule has 6 nitrogen and oxygen atoms in total. The number of benzene rings is 2. The Bertz CT molecular complexity index is 878. The van der Waals surface area contributed by atoms with Crippen LogP contribution in [0.3, 0.4) is 0 Å². The van der Waals surface area contributed by atoms with Gasteiger partial charge in [0.1, 0.15) is 10.6 Å². The molecule has 2 aromatic carbocycles. The van der Waals surface area contributed by atoms with E-state index in [2.05, 4.69) is 10.0 Å². The number of anilines is 1. The van der Waals surface area contributed by atoms with Crippen LogP contribution in [-0.2, 0) is 14.8 Å². The first-order valence-electron chi connectivity index (χ1n) is 7.77. The lowest BCUT2D eigenvalue weighted by atomic mass is 10.2. The number of nitrogens with one attached hydrogen (secondary N) is 2. The van der Waals surface area contributed by atoms with E-state index < -0.39 is 22.0 Å². The van der Waals surface area contributed by atoms with Gasteiger partial charge in [-0.15, -0.1) is 0 Å². The molecule has 2 N–H and O–H groups in total. The Balaban J connectivity index is 2.17. The molecule has 0 bridgehead atoms. The van der Waals surface area contributed by atoms with E-state index in [1.54, 1.807) is 25.1 Å². The number of carbonyl (C=O) groups excluding carboxylic acids is 1. The van der Waals surface area contributed by atoms with E-state index in [0.717, 1.165) is 11.1 Å². The van der Waals surface area contributed by atoms with E-state index in [9.17, 15) is 13.2 Å². The molecular formula is C18H22N2O4S. The predicted octanol–water partition coefficient (Wildman–Crippen LogP) is 2.62. The first-order valence-corrected chi connectivity index (χ1v) is 9.26. The van der Waals surface area contributed by atoms with Crippen LogP contribution in [0.2, 0.25) is 0 Å². The molecule has 0 saturated heterocycles. The zero-order valence-electron chi connectivity index (χ0n) is 14.7. The second kappa shape index (κ2) is 7.67. The molecule has 25 heavy (non-hydrogen) atoms. The largest absolute Gasteiger partial charge is 0.495 e. The molecule has 0 fully saturated rings. The molecule has 0 radical (unpaired) electrons. The van der Waals surface area contributed by atoms with Gasteiger partial charge in [-0.1, -0.05) is 18.2 Å². The van der Waals surface area contributed by atoms with Crippen LogP contribution < -0.4 is 14.8 Å². The van der Waals surface area contributed by atoms with Crippen molar-refractivity contribution in [2.75, 3.05) is 12.4 Å². The van der Waals surface area contributed by atoms with E-state index in [0.29, 0.717) is 5.69 Å². The highest BCUT2D eigenvalue weighted by Gasteiger charge is 2.25. The number of ether oxygens (including phenoxy) is 1. The van der Waals surface area contributed by atoms with Crippen LogP contribution in [0.15, 0.2) is 47.4 Å². The van der Waals surface area contributed by atoms with Crippen molar-refractivity contribution in [2.24, 2.45) is 0 Å². The lowest BCUT2D eigenvalue weighted by molar-refractivity contribution is -0.117. The van der Waals surface area contributed by atoms with Crippen LogP contribution in [0.4, 0.5) is 5.69 Å². The molecule has 0 aliphatic rings. The lowest BCUT2D eigenvalue weighted by Crippen LogP contribution is -2.41. The van der Waals surface area contributed by atoms with Gasteiger partial charge >= 0.3 is 0 Å². The third-order valence-electron chi connectivity index (χ3n) is 3.62. The molecule has 0 aliphatic heterocycles. The Morgan fingerprint density at radius 2 is 1.76 bits per heavy atom. The molecule has 1 atom stereocenters. The summed E-state index contributed by atoms with van der Waals surface area (Å²) in [5, 5.41) is 2.70. The molecule has 2 aromatic rings. The third-order valence-corrected chi connectivity index (χ3v) is 5.18. The smallest absolute Gasteiger partial charge is 0.244 e. The number of hydrogen-bond acceptors (Lipinski definition) is 4. The Kier molecular flexibility index (Phi) is 5.81. The Morgan fingerprint density at radius 3 is 2.40 bits per heavy atom. The highest BCUT2D eigenvalue weighted by atomic mass is 32.2. The minimum atomic E-state index is -3.91. The van der Waals surface area contributed by atoms with Gasteiger partial charge in [-0.2, -0.15) is 4.72 Å². The molecular weight excluding hydrogens is 340 g/mol. The van der Waals surface area contributed by atoms with E-state index in [1.165, 1.54) is 20.1 Å². The number of methoxy groups -OCH3 is 1. The maximum atomic E-state index is 12.6. The molecule has 7 heteroatoms. The third kappa shape index (κ3) is 4.80. The minimum absolute atomic E-state index is 0.00482. The summed E-state index contributed by atoms with van der Waals surface area (Å²) in [6.07, 6.45) is 0. The maximum Gasteiger partial charge on any atom is 0.244 e. The number of carbonyl (C=O) groups is 1. The van der Waals surface area contributed by atoms with Crippen LogP contribution in [-0.4, -0.2) is 27.5 Å². The summed E-state index contributed by atoms with van der Waals surface area (Å²) in [7, 11) is -2.51. The standard InChI is InChI=1S/C18H22N2O4S/c1-12-6-5-7-15(10-12)19-18(21)14(3)20-25(22,23)17-11-13(2)8-9-16(17)24-4/h5-11,14,20H,1-4H3,(H,19,21)/t14-/m1/s1. The fourth-order valence-electron chi connectivity index (χ4n) is 2.32. The van der Waals surface area contributed by atoms with Crippen LogP contribution >= 0.6 is 0 Å². The zero-order chi connectivity index (χ0) is 18.6. The predicted molar refractivity (Wildman–Crippen MR) is 97.3 cm³/mol. The first-order chi connectivity index (χ1) is 11.7. The number of amides is 1. The molecule has 0 aromatic heterocycles. The Morgan fingerprint density at radius 1 is 1.08 bits per heavy atom. The summed E-state index contributed by atoms with van der Waals surface area (Å²) in [4.78, 5) is 12.3. The van der Waals surface area contributed by atoms with Gasteiger partial charge in [-0.05, 0) is 56.2 Å². The first kappa shape index (κ1) is 19.0. The minimum Gasteiger partial charge on any atom is -0.495 e. The van der Waals surface area contributed by atoms with Crippen molar-refractivity contribution >= 4 is 21.6 Å². The van der Waals surface area contributed by atoms with Crippen molar-refractivity contribution in [3.63, 3.8) is 0 Å². The van der Waals surface area contributed by atoms with Gasteiger partial charge < -0.3 is 10.1 Å². The van der Waals surface area contributed by atoms with Gasteiger partial charge in [0.2, 0.25) is 15.9 Å². The molecule has 134 valence electrons. The molecule has 0 saturated carbocycles. The van der Waals surface area contributed by atoms with E-state index >= 15 is 0 Å². The number of aryl methyl sites for hydroxylation is 2. The van der Waals surface area contributed by atoms with Gasteiger partial charge in [0.05, 0.1) is 13.2 Å². The quantitative estimate of drug-likeness (QED) is 0.827. The normalized spacial score (nSPS) is 12.5.